The number of ether oxygens (including phenoxy) is 1. The molecule has 1 saturated heterocycles. The van der Waals surface area contributed by atoms with Crippen LogP contribution in [0.1, 0.15) is 11.3 Å². The zero-order valence-electron chi connectivity index (χ0n) is 15.1. The summed E-state index contributed by atoms with van der Waals surface area (Å²) < 4.78 is 5.13. The van der Waals surface area contributed by atoms with Gasteiger partial charge in [-0.05, 0) is 35.5 Å². The third kappa shape index (κ3) is 5.21. The van der Waals surface area contributed by atoms with Crippen molar-refractivity contribution in [2.75, 3.05) is 19.0 Å². The normalized spacial score (nSPS) is 15.1. The maximum atomic E-state index is 12.5. The molecule has 2 aromatic rings. The van der Waals surface area contributed by atoms with E-state index in [-0.39, 0.29) is 16.5 Å². The van der Waals surface area contributed by atoms with Crippen LogP contribution in [0.3, 0.4) is 0 Å². The van der Waals surface area contributed by atoms with E-state index in [0.717, 1.165) is 28.0 Å². The number of rotatable bonds is 7. The second-order valence-corrected chi connectivity index (χ2v) is 7.66. The molecular weight excluding hydrogens is 418 g/mol. The van der Waals surface area contributed by atoms with Crippen molar-refractivity contribution in [2.45, 2.75) is 6.42 Å². The maximum Gasteiger partial charge on any atom is 0.309 e. The Hall–Kier alpha value is -3.18. The van der Waals surface area contributed by atoms with Crippen LogP contribution in [0.5, 0.6) is 5.75 Å². The minimum atomic E-state index is -1.03. The lowest BCUT2D eigenvalue weighted by atomic mass is 10.2. The fourth-order valence-corrected chi connectivity index (χ4v) is 3.99. The Labute approximate surface area is 173 Å². The molecule has 11 heteroatoms. The van der Waals surface area contributed by atoms with Crippen molar-refractivity contribution in [1.82, 2.24) is 9.88 Å². The topological polar surface area (TPSA) is 126 Å². The van der Waals surface area contributed by atoms with Gasteiger partial charge < -0.3 is 15.2 Å². The predicted octanol–water partition coefficient (Wildman–Crippen LogP) is 2.45. The highest BCUT2D eigenvalue weighted by atomic mass is 32.2. The van der Waals surface area contributed by atoms with Gasteiger partial charge in [-0.2, -0.15) is 0 Å². The van der Waals surface area contributed by atoms with Crippen LogP contribution >= 0.6 is 23.1 Å². The van der Waals surface area contributed by atoms with Gasteiger partial charge in [-0.1, -0.05) is 12.1 Å². The Bertz CT molecular complexity index is 1020. The van der Waals surface area contributed by atoms with Crippen molar-refractivity contribution in [3.8, 4) is 5.75 Å². The molecule has 2 heterocycles. The summed E-state index contributed by atoms with van der Waals surface area (Å²) in [6, 6.07) is 7.00. The molecule has 1 aliphatic heterocycles. The van der Waals surface area contributed by atoms with E-state index in [1.807, 2.05) is 0 Å². The number of carbonyl (C=O) groups excluding carboxylic acids is 3. The number of nitrogens with zero attached hydrogens (tertiary/aromatic N) is 2. The first-order chi connectivity index (χ1) is 13.9. The number of aromatic nitrogens is 1. The van der Waals surface area contributed by atoms with Crippen LogP contribution in [0, 0.1) is 0 Å². The third-order valence-corrected chi connectivity index (χ3v) is 5.41. The molecule has 0 aliphatic carbocycles. The minimum Gasteiger partial charge on any atom is -0.497 e. The molecule has 2 N–H and O–H groups in total. The number of carboxylic acids is 1. The van der Waals surface area contributed by atoms with E-state index in [0.29, 0.717) is 17.0 Å². The van der Waals surface area contributed by atoms with Gasteiger partial charge in [0.15, 0.2) is 5.13 Å². The molecule has 1 aromatic heterocycles. The van der Waals surface area contributed by atoms with Crippen molar-refractivity contribution in [3.05, 3.63) is 45.8 Å². The van der Waals surface area contributed by atoms with Crippen LogP contribution in [0.25, 0.3) is 6.08 Å². The van der Waals surface area contributed by atoms with Crippen molar-refractivity contribution >= 4 is 57.3 Å². The van der Waals surface area contributed by atoms with Gasteiger partial charge >= 0.3 is 5.97 Å². The van der Waals surface area contributed by atoms with Gasteiger partial charge in [0.1, 0.15) is 12.3 Å². The lowest BCUT2D eigenvalue weighted by Crippen LogP contribution is -2.36. The first-order valence-electron chi connectivity index (χ1n) is 8.21. The molecule has 0 saturated carbocycles. The molecule has 29 heavy (non-hydrogen) atoms. The lowest BCUT2D eigenvalue weighted by Gasteiger charge is -2.11. The van der Waals surface area contributed by atoms with Crippen LogP contribution in [0.4, 0.5) is 9.93 Å². The van der Waals surface area contributed by atoms with E-state index in [1.165, 1.54) is 12.5 Å². The van der Waals surface area contributed by atoms with E-state index < -0.39 is 29.6 Å². The summed E-state index contributed by atoms with van der Waals surface area (Å²) >= 11 is 1.81. The number of hydrogen-bond acceptors (Lipinski definition) is 8. The number of amides is 3. The summed E-state index contributed by atoms with van der Waals surface area (Å²) in [5.74, 6) is -1.59. The van der Waals surface area contributed by atoms with Gasteiger partial charge in [-0.15, -0.1) is 11.3 Å². The Morgan fingerprint density at radius 3 is 2.86 bits per heavy atom. The highest BCUT2D eigenvalue weighted by molar-refractivity contribution is 8.18. The van der Waals surface area contributed by atoms with E-state index in [9.17, 15) is 19.2 Å². The van der Waals surface area contributed by atoms with E-state index in [4.69, 9.17) is 9.84 Å². The first-order valence-corrected chi connectivity index (χ1v) is 9.91. The number of hydrogen-bond donors (Lipinski definition) is 2. The molecule has 150 valence electrons. The van der Waals surface area contributed by atoms with Gasteiger partial charge in [-0.3, -0.25) is 24.1 Å². The molecule has 1 aromatic carbocycles. The largest absolute Gasteiger partial charge is 0.497 e. The summed E-state index contributed by atoms with van der Waals surface area (Å²) in [5.41, 5.74) is 0.998. The highest BCUT2D eigenvalue weighted by Gasteiger charge is 2.36. The average Bonchev–Trinajstić information content (AvgIpc) is 3.20. The molecule has 9 nitrogen and oxygen atoms in total. The molecule has 0 bridgehead atoms. The summed E-state index contributed by atoms with van der Waals surface area (Å²) in [4.78, 5) is 52.6. The zero-order valence-corrected chi connectivity index (χ0v) is 16.7. The number of benzene rings is 1. The molecule has 0 atom stereocenters. The molecule has 3 rings (SSSR count). The average molecular weight is 433 g/mol. The predicted molar refractivity (Wildman–Crippen MR) is 108 cm³/mol. The van der Waals surface area contributed by atoms with E-state index >= 15 is 0 Å². The Morgan fingerprint density at radius 2 is 2.14 bits per heavy atom. The molecular formula is C18H15N3O6S2. The SMILES string of the molecule is COc1cccc(/C=C2\SC(=O)N(CC(=O)Nc3nc(CC(=O)O)cs3)C2=O)c1. The van der Waals surface area contributed by atoms with Gasteiger partial charge in [0.25, 0.3) is 11.1 Å². The molecule has 0 radical (unpaired) electrons. The van der Waals surface area contributed by atoms with Crippen LogP contribution < -0.4 is 10.1 Å². The number of aliphatic carboxylic acids is 1. The van der Waals surface area contributed by atoms with Crippen molar-refractivity contribution in [2.24, 2.45) is 0 Å². The molecule has 0 unspecified atom stereocenters. The molecule has 0 spiro atoms. The molecule has 1 fully saturated rings. The minimum absolute atomic E-state index is 0.199. The summed E-state index contributed by atoms with van der Waals surface area (Å²) in [5, 5.41) is 12.4. The summed E-state index contributed by atoms with van der Waals surface area (Å²) in [7, 11) is 1.53. The van der Waals surface area contributed by atoms with Crippen LogP contribution in [-0.2, 0) is 20.8 Å². The monoisotopic (exact) mass is 433 g/mol. The second-order valence-electron chi connectivity index (χ2n) is 5.81. The smallest absolute Gasteiger partial charge is 0.309 e. The summed E-state index contributed by atoms with van der Waals surface area (Å²) in [6.07, 6.45) is 1.30. The Kier molecular flexibility index (Phi) is 6.29. The quantitative estimate of drug-likeness (QED) is 0.638. The number of anilines is 1. The van der Waals surface area contributed by atoms with Gasteiger partial charge in [0, 0.05) is 5.38 Å². The van der Waals surface area contributed by atoms with Crippen LogP contribution in [-0.4, -0.2) is 51.7 Å². The Balaban J connectivity index is 1.65. The van der Waals surface area contributed by atoms with Crippen molar-refractivity contribution in [1.29, 1.82) is 0 Å². The van der Waals surface area contributed by atoms with Gasteiger partial charge in [0.2, 0.25) is 5.91 Å². The fraction of sp³-hybridized carbons (Fsp3) is 0.167. The van der Waals surface area contributed by atoms with Gasteiger partial charge in [-0.25, -0.2) is 4.98 Å². The van der Waals surface area contributed by atoms with Crippen molar-refractivity contribution in [3.63, 3.8) is 0 Å². The standard InChI is InChI=1S/C18H15N3O6S2/c1-27-12-4-2-3-10(5-12)6-13-16(25)21(18(26)29-13)8-14(22)20-17-19-11(9-28-17)7-15(23)24/h2-6,9H,7-8H2,1H3,(H,23,24)(H,19,20,22)/b13-6-. The number of nitrogens with one attached hydrogen (secondary N) is 1. The first kappa shape index (κ1) is 20.6. The third-order valence-electron chi connectivity index (χ3n) is 3.70. The highest BCUT2D eigenvalue weighted by Crippen LogP contribution is 2.32. The van der Waals surface area contributed by atoms with E-state index in [1.54, 1.807) is 30.3 Å². The fourth-order valence-electron chi connectivity index (χ4n) is 2.42. The number of thioether (sulfide) groups is 1. The zero-order chi connectivity index (χ0) is 21.0. The lowest BCUT2D eigenvalue weighted by molar-refractivity contribution is -0.136. The number of methoxy groups -OCH3 is 1. The van der Waals surface area contributed by atoms with Crippen LogP contribution in [0.2, 0.25) is 0 Å². The number of imide groups is 1. The van der Waals surface area contributed by atoms with Crippen LogP contribution in [0.15, 0.2) is 34.6 Å². The van der Waals surface area contributed by atoms with Gasteiger partial charge in [0.05, 0.1) is 24.1 Å². The summed E-state index contributed by atoms with van der Waals surface area (Å²) in [6.45, 7) is -0.464. The molecule has 1 aliphatic rings. The second kappa shape index (κ2) is 8.88. The van der Waals surface area contributed by atoms with Crippen molar-refractivity contribution < 1.29 is 29.0 Å². The Morgan fingerprint density at radius 1 is 1.34 bits per heavy atom. The number of carbonyl (C=O) groups is 4. The molecule has 3 amide bonds. The number of carboxylic acid groups (broad SMARTS) is 1. The maximum absolute atomic E-state index is 12.5. The van der Waals surface area contributed by atoms with E-state index in [2.05, 4.69) is 10.3 Å². The number of thiazole rings is 1.